The van der Waals surface area contributed by atoms with Crippen LogP contribution in [-0.2, 0) is 10.8 Å². The van der Waals surface area contributed by atoms with Gasteiger partial charge in [-0.2, -0.15) is 0 Å². The van der Waals surface area contributed by atoms with Gasteiger partial charge in [-0.1, -0.05) is 37.9 Å². The maximum atomic E-state index is 12.6. The van der Waals surface area contributed by atoms with Crippen LogP contribution in [0.4, 0.5) is 0 Å². The zero-order chi connectivity index (χ0) is 13.3. The first-order valence-corrected chi connectivity index (χ1v) is 7.92. The van der Waals surface area contributed by atoms with E-state index < -0.39 is 10.8 Å². The Morgan fingerprint density at radius 2 is 2.17 bits per heavy atom. The molecule has 0 amide bonds. The zero-order valence-corrected chi connectivity index (χ0v) is 12.4. The summed E-state index contributed by atoms with van der Waals surface area (Å²) in [6.45, 7) is 4.33. The maximum Gasteiger partial charge on any atom is 0.0577 e. The molecule has 3 atom stereocenters. The fraction of sp³-hybridized carbons (Fsp3) is 0.571. The highest BCUT2D eigenvalue weighted by molar-refractivity contribution is 7.85. The summed E-state index contributed by atoms with van der Waals surface area (Å²) < 4.78 is 12.6. The first kappa shape index (κ1) is 14.0. The largest absolute Gasteiger partial charge is 0.326 e. The van der Waals surface area contributed by atoms with Crippen LogP contribution in [0.25, 0.3) is 0 Å². The predicted molar refractivity (Wildman–Crippen MR) is 77.3 cm³/mol. The van der Waals surface area contributed by atoms with Crippen molar-refractivity contribution < 1.29 is 4.21 Å². The molecule has 0 bridgehead atoms. The average Bonchev–Trinajstić information content (AvgIpc) is 2.32. The number of rotatable bonds is 2. The molecule has 1 aliphatic carbocycles. The minimum Gasteiger partial charge on any atom is -0.326 e. The van der Waals surface area contributed by atoms with E-state index in [9.17, 15) is 4.21 Å². The Hall–Kier alpha value is -0.380. The molecule has 2 N–H and O–H groups in total. The van der Waals surface area contributed by atoms with Gasteiger partial charge in [0, 0.05) is 16.0 Å². The Bertz CT molecular complexity index is 461. The van der Waals surface area contributed by atoms with E-state index in [1.807, 2.05) is 12.1 Å². The summed E-state index contributed by atoms with van der Waals surface area (Å²) >= 11 is 5.95. The normalized spacial score (nSPS) is 28.9. The van der Waals surface area contributed by atoms with Crippen molar-refractivity contribution in [3.05, 3.63) is 29.3 Å². The van der Waals surface area contributed by atoms with Crippen LogP contribution >= 0.6 is 11.6 Å². The zero-order valence-electron chi connectivity index (χ0n) is 10.9. The predicted octanol–water partition coefficient (Wildman–Crippen LogP) is 3.35. The van der Waals surface area contributed by atoms with Crippen LogP contribution in [-0.4, -0.2) is 15.5 Å². The number of hydrogen-bond acceptors (Lipinski definition) is 2. The van der Waals surface area contributed by atoms with Gasteiger partial charge in [0.2, 0.25) is 0 Å². The van der Waals surface area contributed by atoms with Crippen molar-refractivity contribution >= 4 is 22.4 Å². The van der Waals surface area contributed by atoms with Gasteiger partial charge in [-0.3, -0.25) is 4.21 Å². The molecule has 0 saturated heterocycles. The molecule has 0 aliphatic heterocycles. The van der Waals surface area contributed by atoms with Crippen molar-refractivity contribution in [1.82, 2.24) is 0 Å². The molecule has 4 heteroatoms. The molecule has 0 radical (unpaired) electrons. The molecule has 18 heavy (non-hydrogen) atoms. The maximum absolute atomic E-state index is 12.6. The van der Waals surface area contributed by atoms with E-state index in [2.05, 4.69) is 13.8 Å². The van der Waals surface area contributed by atoms with Crippen molar-refractivity contribution in [2.24, 2.45) is 11.1 Å². The monoisotopic (exact) mass is 285 g/mol. The van der Waals surface area contributed by atoms with Gasteiger partial charge >= 0.3 is 0 Å². The third-order valence-electron chi connectivity index (χ3n) is 3.92. The summed E-state index contributed by atoms with van der Waals surface area (Å²) in [5.74, 6) is 0. The molecule has 1 saturated carbocycles. The third kappa shape index (κ3) is 2.79. The molecule has 1 aromatic carbocycles. The Morgan fingerprint density at radius 1 is 1.44 bits per heavy atom. The lowest BCUT2D eigenvalue weighted by Crippen LogP contribution is -2.51. The second kappa shape index (κ2) is 5.32. The van der Waals surface area contributed by atoms with Gasteiger partial charge < -0.3 is 5.73 Å². The minimum absolute atomic E-state index is 0.0222. The lowest BCUT2D eigenvalue weighted by molar-refractivity contribution is 0.206. The van der Waals surface area contributed by atoms with Crippen molar-refractivity contribution in [3.63, 3.8) is 0 Å². The summed E-state index contributed by atoms with van der Waals surface area (Å²) in [6.07, 6.45) is 3.14. The van der Waals surface area contributed by atoms with E-state index in [1.165, 1.54) is 0 Å². The van der Waals surface area contributed by atoms with Crippen LogP contribution in [0.1, 0.15) is 33.1 Å². The summed E-state index contributed by atoms with van der Waals surface area (Å²) in [6, 6.07) is 7.27. The summed E-state index contributed by atoms with van der Waals surface area (Å²) in [5, 5.41) is 0.664. The van der Waals surface area contributed by atoms with Crippen molar-refractivity contribution in [3.8, 4) is 0 Å². The Kier molecular flexibility index (Phi) is 4.15. The van der Waals surface area contributed by atoms with Crippen LogP contribution in [0.3, 0.4) is 0 Å². The van der Waals surface area contributed by atoms with Crippen molar-refractivity contribution in [2.45, 2.75) is 49.3 Å². The first-order valence-electron chi connectivity index (χ1n) is 6.33. The Balaban J connectivity index is 2.23. The molecule has 2 rings (SSSR count). The Labute approximate surface area is 116 Å². The number of hydrogen-bond donors (Lipinski definition) is 1. The van der Waals surface area contributed by atoms with E-state index in [4.69, 9.17) is 17.3 Å². The van der Waals surface area contributed by atoms with E-state index in [0.717, 1.165) is 24.2 Å². The highest BCUT2D eigenvalue weighted by Crippen LogP contribution is 2.37. The van der Waals surface area contributed by atoms with Gasteiger partial charge in [0.1, 0.15) is 0 Å². The van der Waals surface area contributed by atoms with E-state index in [0.29, 0.717) is 5.02 Å². The smallest absolute Gasteiger partial charge is 0.0577 e. The fourth-order valence-electron chi connectivity index (χ4n) is 2.62. The third-order valence-corrected chi connectivity index (χ3v) is 5.95. The van der Waals surface area contributed by atoms with Crippen LogP contribution in [0, 0.1) is 5.41 Å². The Morgan fingerprint density at radius 3 is 2.83 bits per heavy atom. The molecule has 100 valence electrons. The molecule has 1 aromatic rings. The van der Waals surface area contributed by atoms with Gasteiger partial charge in [-0.25, -0.2) is 0 Å². The molecule has 1 fully saturated rings. The molecular weight excluding hydrogens is 266 g/mol. The second-order valence-electron chi connectivity index (χ2n) is 5.70. The fourth-order valence-corrected chi connectivity index (χ4v) is 4.69. The number of halogens is 1. The summed E-state index contributed by atoms with van der Waals surface area (Å²) in [5.41, 5.74) is 6.37. The molecule has 3 unspecified atom stereocenters. The highest BCUT2D eigenvalue weighted by Gasteiger charge is 2.39. The van der Waals surface area contributed by atoms with Crippen LogP contribution < -0.4 is 5.73 Å². The molecular formula is C14H20ClNOS. The summed E-state index contributed by atoms with van der Waals surface area (Å²) in [4.78, 5) is 0.792. The topological polar surface area (TPSA) is 43.1 Å². The summed E-state index contributed by atoms with van der Waals surface area (Å²) in [7, 11) is -1.07. The number of benzene rings is 1. The molecule has 1 aliphatic rings. The quantitative estimate of drug-likeness (QED) is 0.905. The van der Waals surface area contributed by atoms with Gasteiger partial charge in [-0.15, -0.1) is 0 Å². The lowest BCUT2D eigenvalue weighted by atomic mass is 9.73. The average molecular weight is 286 g/mol. The van der Waals surface area contributed by atoms with Crippen molar-refractivity contribution in [2.75, 3.05) is 0 Å². The van der Waals surface area contributed by atoms with Crippen LogP contribution in [0.2, 0.25) is 5.02 Å². The lowest BCUT2D eigenvalue weighted by Gasteiger charge is -2.41. The van der Waals surface area contributed by atoms with Gasteiger partial charge in [0.25, 0.3) is 0 Å². The molecule has 0 aromatic heterocycles. The van der Waals surface area contributed by atoms with E-state index in [-0.39, 0.29) is 16.7 Å². The first-order chi connectivity index (χ1) is 8.42. The van der Waals surface area contributed by atoms with Gasteiger partial charge in [-0.05, 0) is 36.5 Å². The van der Waals surface area contributed by atoms with Gasteiger partial charge in [0.15, 0.2) is 0 Å². The standard InChI is InChI=1S/C14H20ClNOS/c1-14(2)8-4-7-12(13(14)16)18(17)11-6-3-5-10(15)9-11/h3,5-6,9,12-13H,4,7-8,16H2,1-2H3. The van der Waals surface area contributed by atoms with E-state index >= 15 is 0 Å². The van der Waals surface area contributed by atoms with E-state index in [1.54, 1.807) is 12.1 Å². The van der Waals surface area contributed by atoms with Gasteiger partial charge in [0.05, 0.1) is 16.0 Å². The number of nitrogens with two attached hydrogens (primary N) is 1. The SMILES string of the molecule is CC1(C)CCCC(S(=O)c2cccc(Cl)c2)C1N. The van der Waals surface area contributed by atoms with Crippen LogP contribution in [0.5, 0.6) is 0 Å². The highest BCUT2D eigenvalue weighted by atomic mass is 35.5. The minimum atomic E-state index is -1.07. The second-order valence-corrected chi connectivity index (χ2v) is 7.81. The molecule has 0 heterocycles. The van der Waals surface area contributed by atoms with Crippen molar-refractivity contribution in [1.29, 1.82) is 0 Å². The van der Waals surface area contributed by atoms with Crippen LogP contribution in [0.15, 0.2) is 29.2 Å². The molecule has 0 spiro atoms. The molecule has 2 nitrogen and oxygen atoms in total.